The van der Waals surface area contributed by atoms with E-state index in [4.69, 9.17) is 0 Å². The Balaban J connectivity index is 1.81. The Morgan fingerprint density at radius 1 is 1.18 bits per heavy atom. The number of rotatable bonds is 0. The van der Waals surface area contributed by atoms with Crippen molar-refractivity contribution in [1.82, 2.24) is 0 Å². The van der Waals surface area contributed by atoms with Crippen LogP contribution in [0.4, 0.5) is 5.69 Å². The topological polar surface area (TPSA) is 12.0 Å². The number of benzene rings is 1. The molecule has 3 aliphatic rings. The number of nitrogens with one attached hydrogen (secondary N) is 1. The molecular weight excluding hydrogens is 206 g/mol. The maximum Gasteiger partial charge on any atom is 0.0379 e. The Morgan fingerprint density at radius 2 is 2.06 bits per heavy atom. The van der Waals surface area contributed by atoms with Crippen molar-refractivity contribution >= 4 is 5.69 Å². The SMILES string of the molecule is Cc1ccc2c(c1)[C@H]1C(CC3C=CC=CC31)N2. The van der Waals surface area contributed by atoms with Crippen molar-refractivity contribution in [2.75, 3.05) is 5.32 Å². The van der Waals surface area contributed by atoms with Crippen LogP contribution in [-0.4, -0.2) is 6.04 Å². The summed E-state index contributed by atoms with van der Waals surface area (Å²) in [6, 6.07) is 7.48. The van der Waals surface area contributed by atoms with E-state index in [0.29, 0.717) is 17.9 Å². The van der Waals surface area contributed by atoms with Crippen molar-refractivity contribution in [2.45, 2.75) is 25.3 Å². The number of hydrogen-bond donors (Lipinski definition) is 1. The lowest BCUT2D eigenvalue weighted by atomic mass is 9.82. The molecule has 86 valence electrons. The molecule has 1 aliphatic heterocycles. The molecule has 0 amide bonds. The Kier molecular flexibility index (Phi) is 1.82. The zero-order valence-electron chi connectivity index (χ0n) is 10.1. The lowest BCUT2D eigenvalue weighted by Gasteiger charge is -2.21. The molecule has 1 aromatic rings. The third-order valence-corrected chi connectivity index (χ3v) is 4.58. The van der Waals surface area contributed by atoms with Gasteiger partial charge < -0.3 is 5.32 Å². The molecule has 17 heavy (non-hydrogen) atoms. The molecule has 1 aromatic carbocycles. The van der Waals surface area contributed by atoms with Gasteiger partial charge in [-0.05, 0) is 36.8 Å². The normalized spacial score (nSPS) is 36.3. The van der Waals surface area contributed by atoms with E-state index in [1.807, 2.05) is 0 Å². The highest BCUT2D eigenvalue weighted by molar-refractivity contribution is 5.62. The van der Waals surface area contributed by atoms with E-state index in [1.165, 1.54) is 17.7 Å². The number of aryl methyl sites for hydroxylation is 1. The van der Waals surface area contributed by atoms with Crippen LogP contribution in [0.15, 0.2) is 42.5 Å². The molecule has 0 bridgehead atoms. The van der Waals surface area contributed by atoms with Gasteiger partial charge in [-0.15, -0.1) is 0 Å². The predicted octanol–water partition coefficient (Wildman–Crippen LogP) is 3.63. The molecule has 1 N–H and O–H groups in total. The highest BCUT2D eigenvalue weighted by Crippen LogP contribution is 2.53. The average Bonchev–Trinajstić information content (AvgIpc) is 2.84. The molecule has 0 spiro atoms. The quantitative estimate of drug-likeness (QED) is 0.708. The summed E-state index contributed by atoms with van der Waals surface area (Å²) in [5.74, 6) is 2.15. The van der Waals surface area contributed by atoms with Gasteiger partial charge in [-0.25, -0.2) is 0 Å². The summed E-state index contributed by atoms with van der Waals surface area (Å²) in [6.45, 7) is 2.19. The molecule has 1 heterocycles. The van der Waals surface area contributed by atoms with Crippen LogP contribution in [0, 0.1) is 18.8 Å². The summed E-state index contributed by atoms with van der Waals surface area (Å²) in [4.78, 5) is 0. The van der Waals surface area contributed by atoms with Gasteiger partial charge >= 0.3 is 0 Å². The summed E-state index contributed by atoms with van der Waals surface area (Å²) in [5, 5.41) is 3.71. The molecule has 0 aromatic heterocycles. The summed E-state index contributed by atoms with van der Waals surface area (Å²) >= 11 is 0. The molecular formula is C16H17N. The molecule has 0 saturated heterocycles. The van der Waals surface area contributed by atoms with E-state index in [9.17, 15) is 0 Å². The lowest BCUT2D eigenvalue weighted by Crippen LogP contribution is -2.16. The van der Waals surface area contributed by atoms with Gasteiger partial charge in [0, 0.05) is 17.6 Å². The van der Waals surface area contributed by atoms with Crippen LogP contribution >= 0.6 is 0 Å². The summed E-state index contributed by atoms with van der Waals surface area (Å²) in [5.41, 5.74) is 4.29. The van der Waals surface area contributed by atoms with E-state index in [0.717, 1.165) is 5.92 Å². The molecule has 0 radical (unpaired) electrons. The van der Waals surface area contributed by atoms with E-state index in [-0.39, 0.29) is 0 Å². The Morgan fingerprint density at radius 3 is 3.00 bits per heavy atom. The maximum absolute atomic E-state index is 3.71. The number of allylic oxidation sites excluding steroid dienone is 4. The van der Waals surface area contributed by atoms with Crippen molar-refractivity contribution in [3.63, 3.8) is 0 Å². The molecule has 1 saturated carbocycles. The van der Waals surface area contributed by atoms with Crippen LogP contribution in [0.3, 0.4) is 0 Å². The van der Waals surface area contributed by atoms with Gasteiger partial charge in [0.05, 0.1) is 0 Å². The molecule has 1 fully saturated rings. The number of fused-ring (bicyclic) bond motifs is 5. The third-order valence-electron chi connectivity index (χ3n) is 4.58. The van der Waals surface area contributed by atoms with Crippen LogP contribution in [0.5, 0.6) is 0 Å². The Hall–Kier alpha value is -1.50. The molecule has 3 unspecified atom stereocenters. The minimum absolute atomic E-state index is 0.647. The highest BCUT2D eigenvalue weighted by Gasteiger charge is 2.46. The zero-order chi connectivity index (χ0) is 11.4. The van der Waals surface area contributed by atoms with Crippen molar-refractivity contribution < 1.29 is 0 Å². The molecule has 4 atom stereocenters. The minimum atomic E-state index is 0.647. The molecule has 1 nitrogen and oxygen atoms in total. The van der Waals surface area contributed by atoms with Gasteiger partial charge in [0.1, 0.15) is 0 Å². The smallest absolute Gasteiger partial charge is 0.0379 e. The summed E-state index contributed by atoms with van der Waals surface area (Å²) in [6.07, 6.45) is 10.5. The fraction of sp³-hybridized carbons (Fsp3) is 0.375. The van der Waals surface area contributed by atoms with Crippen molar-refractivity contribution in [2.24, 2.45) is 11.8 Å². The van der Waals surface area contributed by atoms with E-state index < -0.39 is 0 Å². The van der Waals surface area contributed by atoms with Crippen LogP contribution < -0.4 is 5.32 Å². The van der Waals surface area contributed by atoms with E-state index in [1.54, 1.807) is 5.56 Å². The van der Waals surface area contributed by atoms with Gasteiger partial charge in [-0.1, -0.05) is 42.0 Å². The Labute approximate surface area is 102 Å². The van der Waals surface area contributed by atoms with Crippen LogP contribution in [0.2, 0.25) is 0 Å². The van der Waals surface area contributed by atoms with Gasteiger partial charge in [-0.2, -0.15) is 0 Å². The predicted molar refractivity (Wildman–Crippen MR) is 71.2 cm³/mol. The molecule has 1 heteroatoms. The van der Waals surface area contributed by atoms with Gasteiger partial charge in [0.15, 0.2) is 0 Å². The van der Waals surface area contributed by atoms with Crippen molar-refractivity contribution in [3.8, 4) is 0 Å². The standard InChI is InChI=1S/C16H17N/c1-10-6-7-14-13(8-10)16-12-5-3-2-4-11(12)9-15(16)17-14/h2-8,11-12,15-17H,9H2,1H3/t11?,12?,15?,16-/m0/s1. The van der Waals surface area contributed by atoms with Crippen molar-refractivity contribution in [3.05, 3.63) is 53.6 Å². The Bertz CT molecular complexity index is 526. The molecule has 2 aliphatic carbocycles. The van der Waals surface area contributed by atoms with Crippen LogP contribution in [0.1, 0.15) is 23.5 Å². The first-order chi connectivity index (χ1) is 8.33. The summed E-state index contributed by atoms with van der Waals surface area (Å²) < 4.78 is 0. The van der Waals surface area contributed by atoms with Gasteiger partial charge in [0.25, 0.3) is 0 Å². The number of anilines is 1. The maximum atomic E-state index is 3.71. The minimum Gasteiger partial charge on any atom is -0.381 e. The van der Waals surface area contributed by atoms with Crippen LogP contribution in [0.25, 0.3) is 0 Å². The monoisotopic (exact) mass is 223 g/mol. The zero-order valence-corrected chi connectivity index (χ0v) is 10.1. The van der Waals surface area contributed by atoms with Gasteiger partial charge in [-0.3, -0.25) is 0 Å². The fourth-order valence-electron chi connectivity index (χ4n) is 3.86. The summed E-state index contributed by atoms with van der Waals surface area (Å²) in [7, 11) is 0. The number of hydrogen-bond acceptors (Lipinski definition) is 1. The second-order valence-electron chi connectivity index (χ2n) is 5.61. The second kappa shape index (κ2) is 3.25. The largest absolute Gasteiger partial charge is 0.381 e. The molecule has 4 rings (SSSR count). The first-order valence-electron chi connectivity index (χ1n) is 6.55. The van der Waals surface area contributed by atoms with E-state index >= 15 is 0 Å². The lowest BCUT2D eigenvalue weighted by molar-refractivity contribution is 0.510. The van der Waals surface area contributed by atoms with Crippen molar-refractivity contribution in [1.29, 1.82) is 0 Å². The van der Waals surface area contributed by atoms with Crippen LogP contribution in [-0.2, 0) is 0 Å². The van der Waals surface area contributed by atoms with E-state index in [2.05, 4.69) is 54.7 Å². The first kappa shape index (κ1) is 9.52. The third kappa shape index (κ3) is 1.25. The highest BCUT2D eigenvalue weighted by atomic mass is 15.0. The first-order valence-corrected chi connectivity index (χ1v) is 6.55. The van der Waals surface area contributed by atoms with Gasteiger partial charge in [0.2, 0.25) is 0 Å². The average molecular weight is 223 g/mol. The second-order valence-corrected chi connectivity index (χ2v) is 5.61. The fourth-order valence-corrected chi connectivity index (χ4v) is 3.86.